The van der Waals surface area contributed by atoms with Gasteiger partial charge in [0.1, 0.15) is 18.1 Å². The number of alkyl carbamates (subject to hydrolysis) is 1. The van der Waals surface area contributed by atoms with Gasteiger partial charge in [-0.05, 0) is 38.3 Å². The average Bonchev–Trinajstić information content (AvgIpc) is 2.69. The predicted molar refractivity (Wildman–Crippen MR) is 109 cm³/mol. The van der Waals surface area contributed by atoms with Gasteiger partial charge in [0, 0.05) is 0 Å². The first-order valence-electron chi connectivity index (χ1n) is 9.48. The molecule has 0 aliphatic heterocycles. The number of ketones is 1. The van der Waals surface area contributed by atoms with E-state index in [1.54, 1.807) is 20.8 Å². The third-order valence-corrected chi connectivity index (χ3v) is 3.99. The smallest absolute Gasteiger partial charge is 0.408 e. The fourth-order valence-corrected chi connectivity index (χ4v) is 2.60. The van der Waals surface area contributed by atoms with Crippen LogP contribution in [-0.2, 0) is 32.1 Å². The second-order valence-electron chi connectivity index (χ2n) is 7.66. The molecule has 0 heterocycles. The Kier molecular flexibility index (Phi) is 7.95. The van der Waals surface area contributed by atoms with Crippen LogP contribution in [0.4, 0.5) is 4.79 Å². The van der Waals surface area contributed by atoms with E-state index in [1.165, 1.54) is 0 Å². The van der Waals surface area contributed by atoms with Gasteiger partial charge in [0.2, 0.25) is 0 Å². The van der Waals surface area contributed by atoms with Crippen molar-refractivity contribution < 1.29 is 23.9 Å². The molecule has 2 rings (SSSR count). The molecule has 154 valence electrons. The summed E-state index contributed by atoms with van der Waals surface area (Å²) in [6, 6.07) is 18.5. The molecule has 0 aliphatic carbocycles. The van der Waals surface area contributed by atoms with Crippen molar-refractivity contribution in [1.82, 2.24) is 5.32 Å². The number of hydrogen-bond donors (Lipinski definition) is 1. The molecule has 0 radical (unpaired) electrons. The van der Waals surface area contributed by atoms with E-state index in [0.29, 0.717) is 0 Å². The SMILES string of the molecule is CC(C)(C)OC(=O)NCC(=O)[C@H](Cc1ccccc1)C(=O)OCc1ccccc1. The largest absolute Gasteiger partial charge is 0.460 e. The van der Waals surface area contributed by atoms with E-state index in [9.17, 15) is 14.4 Å². The van der Waals surface area contributed by atoms with Crippen LogP contribution in [0, 0.1) is 5.92 Å². The van der Waals surface area contributed by atoms with Crippen LogP contribution in [0.25, 0.3) is 0 Å². The first kappa shape index (κ1) is 22.1. The molecular weight excluding hydrogens is 370 g/mol. The van der Waals surface area contributed by atoms with Gasteiger partial charge in [0.05, 0.1) is 6.54 Å². The molecule has 2 aromatic carbocycles. The van der Waals surface area contributed by atoms with Gasteiger partial charge in [-0.15, -0.1) is 0 Å². The summed E-state index contributed by atoms with van der Waals surface area (Å²) in [4.78, 5) is 37.2. The van der Waals surface area contributed by atoms with E-state index in [2.05, 4.69) is 5.32 Å². The van der Waals surface area contributed by atoms with Crippen molar-refractivity contribution in [2.24, 2.45) is 5.92 Å². The van der Waals surface area contributed by atoms with Gasteiger partial charge < -0.3 is 14.8 Å². The van der Waals surface area contributed by atoms with Gasteiger partial charge in [0.25, 0.3) is 0 Å². The lowest BCUT2D eigenvalue weighted by atomic mass is 9.95. The number of carbonyl (C=O) groups excluding carboxylic acids is 3. The van der Waals surface area contributed by atoms with Crippen LogP contribution in [0.15, 0.2) is 60.7 Å². The normalized spacial score (nSPS) is 12.0. The van der Waals surface area contributed by atoms with Crippen molar-refractivity contribution in [1.29, 1.82) is 0 Å². The second kappa shape index (κ2) is 10.4. The summed E-state index contributed by atoms with van der Waals surface area (Å²) in [6.45, 7) is 4.96. The summed E-state index contributed by atoms with van der Waals surface area (Å²) in [6.07, 6.45) is -0.509. The Morgan fingerprint density at radius 1 is 0.897 bits per heavy atom. The fourth-order valence-electron chi connectivity index (χ4n) is 2.60. The van der Waals surface area contributed by atoms with E-state index in [0.717, 1.165) is 11.1 Å². The summed E-state index contributed by atoms with van der Waals surface area (Å²) >= 11 is 0. The Bertz CT molecular complexity index is 812. The molecule has 6 nitrogen and oxygen atoms in total. The summed E-state index contributed by atoms with van der Waals surface area (Å²) in [5, 5.41) is 2.42. The highest BCUT2D eigenvalue weighted by atomic mass is 16.6. The number of esters is 1. The molecular formula is C23H27NO5. The van der Waals surface area contributed by atoms with Crippen molar-refractivity contribution in [3.63, 3.8) is 0 Å². The topological polar surface area (TPSA) is 81.7 Å². The molecule has 1 N–H and O–H groups in total. The minimum atomic E-state index is -1.02. The quantitative estimate of drug-likeness (QED) is 0.543. The third-order valence-electron chi connectivity index (χ3n) is 3.99. The molecule has 1 atom stereocenters. The first-order chi connectivity index (χ1) is 13.7. The highest BCUT2D eigenvalue weighted by Crippen LogP contribution is 2.14. The van der Waals surface area contributed by atoms with Crippen molar-refractivity contribution in [3.05, 3.63) is 71.8 Å². The third kappa shape index (κ3) is 8.17. The highest BCUT2D eigenvalue weighted by Gasteiger charge is 2.29. The highest BCUT2D eigenvalue weighted by molar-refractivity contribution is 6.01. The van der Waals surface area contributed by atoms with Crippen molar-refractivity contribution in [3.8, 4) is 0 Å². The molecule has 0 saturated carbocycles. The molecule has 0 spiro atoms. The van der Waals surface area contributed by atoms with Crippen LogP contribution in [0.5, 0.6) is 0 Å². The van der Waals surface area contributed by atoms with E-state index in [1.807, 2.05) is 60.7 Å². The van der Waals surface area contributed by atoms with Crippen LogP contribution in [0.3, 0.4) is 0 Å². The van der Waals surface area contributed by atoms with Crippen molar-refractivity contribution in [2.45, 2.75) is 39.4 Å². The van der Waals surface area contributed by atoms with Gasteiger partial charge in [-0.2, -0.15) is 0 Å². The second-order valence-corrected chi connectivity index (χ2v) is 7.66. The van der Waals surface area contributed by atoms with Crippen LogP contribution >= 0.6 is 0 Å². The van der Waals surface area contributed by atoms with Gasteiger partial charge in [-0.1, -0.05) is 60.7 Å². The monoisotopic (exact) mass is 397 g/mol. The number of carbonyl (C=O) groups is 3. The fraction of sp³-hybridized carbons (Fsp3) is 0.348. The summed E-state index contributed by atoms with van der Waals surface area (Å²) in [5.41, 5.74) is 0.990. The lowest BCUT2D eigenvalue weighted by Crippen LogP contribution is -2.39. The molecule has 1 amide bonds. The van der Waals surface area contributed by atoms with E-state index in [4.69, 9.17) is 9.47 Å². The molecule has 6 heteroatoms. The molecule has 0 aliphatic rings. The molecule has 29 heavy (non-hydrogen) atoms. The molecule has 0 fully saturated rings. The van der Waals surface area contributed by atoms with Crippen LogP contribution in [0.1, 0.15) is 31.9 Å². The Morgan fingerprint density at radius 2 is 1.45 bits per heavy atom. The van der Waals surface area contributed by atoms with Gasteiger partial charge in [-0.3, -0.25) is 9.59 Å². The van der Waals surface area contributed by atoms with E-state index in [-0.39, 0.29) is 19.6 Å². The lowest BCUT2D eigenvalue weighted by molar-refractivity contribution is -0.153. The van der Waals surface area contributed by atoms with Gasteiger partial charge >= 0.3 is 12.1 Å². The number of Topliss-reactive ketones (excluding diaryl/α,β-unsaturated/α-hetero) is 1. The molecule has 2 aromatic rings. The number of rotatable bonds is 8. The minimum absolute atomic E-state index is 0.0811. The zero-order valence-corrected chi connectivity index (χ0v) is 17.0. The maximum atomic E-state index is 12.7. The summed E-state index contributed by atoms with van der Waals surface area (Å²) in [7, 11) is 0. The predicted octanol–water partition coefficient (Wildman–Crippen LogP) is 3.68. The van der Waals surface area contributed by atoms with E-state index < -0.39 is 29.4 Å². The van der Waals surface area contributed by atoms with E-state index >= 15 is 0 Å². The Balaban J connectivity index is 2.02. The zero-order chi connectivity index (χ0) is 21.3. The Morgan fingerprint density at radius 3 is 2.00 bits per heavy atom. The standard InChI is InChI=1S/C23H27NO5/c1-23(2,3)29-22(27)24-15-20(25)19(14-17-10-6-4-7-11-17)21(26)28-16-18-12-8-5-9-13-18/h4-13,19H,14-16H2,1-3H3,(H,24,27)/t19-/m0/s1. The number of hydrogen-bond acceptors (Lipinski definition) is 5. The number of nitrogens with one attached hydrogen (secondary N) is 1. The van der Waals surface area contributed by atoms with Crippen LogP contribution in [0.2, 0.25) is 0 Å². The van der Waals surface area contributed by atoms with Crippen LogP contribution < -0.4 is 5.32 Å². The maximum Gasteiger partial charge on any atom is 0.408 e. The van der Waals surface area contributed by atoms with Crippen molar-refractivity contribution >= 4 is 17.8 Å². The molecule has 0 bridgehead atoms. The number of benzene rings is 2. The maximum absolute atomic E-state index is 12.7. The number of ether oxygens (including phenoxy) is 2. The summed E-state index contributed by atoms with van der Waals surface area (Å²) < 4.78 is 10.5. The number of amides is 1. The van der Waals surface area contributed by atoms with Crippen LogP contribution in [-0.4, -0.2) is 30.0 Å². The van der Waals surface area contributed by atoms with Crippen molar-refractivity contribution in [2.75, 3.05) is 6.54 Å². The van der Waals surface area contributed by atoms with Gasteiger partial charge in [0.15, 0.2) is 5.78 Å². The first-order valence-corrected chi connectivity index (χ1v) is 9.48. The summed E-state index contributed by atoms with van der Waals surface area (Å²) in [5.74, 6) is -2.07. The molecule has 0 saturated heterocycles. The lowest BCUT2D eigenvalue weighted by Gasteiger charge is -2.20. The molecule has 0 unspecified atom stereocenters. The molecule has 0 aromatic heterocycles. The Hall–Kier alpha value is -3.15. The average molecular weight is 397 g/mol. The van der Waals surface area contributed by atoms with Gasteiger partial charge in [-0.25, -0.2) is 4.79 Å². The Labute approximate surface area is 171 Å². The zero-order valence-electron chi connectivity index (χ0n) is 17.0. The minimum Gasteiger partial charge on any atom is -0.460 e.